The first-order chi connectivity index (χ1) is 6.56. The van der Waals surface area contributed by atoms with Gasteiger partial charge in [-0.3, -0.25) is 0 Å². The standard InChI is InChI=1S/C10H19N3S/c1-5-8-12-10(14-13-8)9(6(2)3)7(4)11/h6-7,9H,5,11H2,1-4H3. The molecule has 0 bridgehead atoms. The van der Waals surface area contributed by atoms with Crippen LogP contribution in [0.4, 0.5) is 0 Å². The van der Waals surface area contributed by atoms with Crippen LogP contribution in [-0.2, 0) is 6.42 Å². The third-order valence-corrected chi connectivity index (χ3v) is 3.22. The van der Waals surface area contributed by atoms with Crippen LogP contribution in [0.25, 0.3) is 0 Å². The van der Waals surface area contributed by atoms with Crippen molar-refractivity contribution >= 4 is 11.5 Å². The molecule has 0 fully saturated rings. The van der Waals surface area contributed by atoms with Gasteiger partial charge in [0.15, 0.2) is 0 Å². The average Bonchev–Trinajstić information content (AvgIpc) is 2.51. The molecule has 0 saturated heterocycles. The molecule has 2 unspecified atom stereocenters. The van der Waals surface area contributed by atoms with Crippen molar-refractivity contribution in [3.05, 3.63) is 10.8 Å². The van der Waals surface area contributed by atoms with Crippen molar-refractivity contribution in [2.45, 2.75) is 46.1 Å². The van der Waals surface area contributed by atoms with Crippen LogP contribution in [0.2, 0.25) is 0 Å². The van der Waals surface area contributed by atoms with Gasteiger partial charge in [-0.2, -0.15) is 4.37 Å². The van der Waals surface area contributed by atoms with E-state index in [4.69, 9.17) is 5.73 Å². The van der Waals surface area contributed by atoms with Gasteiger partial charge in [0.05, 0.1) is 0 Å². The number of aryl methyl sites for hydroxylation is 1. The number of aromatic nitrogens is 2. The molecule has 2 N–H and O–H groups in total. The minimum absolute atomic E-state index is 0.146. The Balaban J connectivity index is 2.88. The Bertz CT molecular complexity index is 273. The average molecular weight is 213 g/mol. The lowest BCUT2D eigenvalue weighted by Crippen LogP contribution is -2.28. The van der Waals surface area contributed by atoms with Crippen LogP contribution < -0.4 is 5.73 Å². The number of hydrogen-bond donors (Lipinski definition) is 1. The molecule has 80 valence electrons. The third kappa shape index (κ3) is 2.51. The highest BCUT2D eigenvalue weighted by atomic mass is 32.1. The van der Waals surface area contributed by atoms with E-state index in [0.29, 0.717) is 11.8 Å². The molecule has 1 rings (SSSR count). The molecular weight excluding hydrogens is 194 g/mol. The fourth-order valence-electron chi connectivity index (χ4n) is 1.66. The summed E-state index contributed by atoms with van der Waals surface area (Å²) in [4.78, 5) is 4.50. The molecule has 1 aromatic rings. The van der Waals surface area contributed by atoms with Gasteiger partial charge in [-0.25, -0.2) is 4.98 Å². The van der Waals surface area contributed by atoms with E-state index in [1.165, 1.54) is 11.5 Å². The first-order valence-corrected chi connectivity index (χ1v) is 5.91. The molecule has 4 heteroatoms. The Morgan fingerprint density at radius 3 is 2.36 bits per heavy atom. The Morgan fingerprint density at radius 2 is 2.00 bits per heavy atom. The van der Waals surface area contributed by atoms with Gasteiger partial charge in [-0.05, 0) is 24.4 Å². The summed E-state index contributed by atoms with van der Waals surface area (Å²) in [5.74, 6) is 1.80. The predicted octanol–water partition coefficient (Wildman–Crippen LogP) is 2.19. The van der Waals surface area contributed by atoms with Crippen LogP contribution in [0.5, 0.6) is 0 Å². The van der Waals surface area contributed by atoms with Crippen molar-refractivity contribution in [3.63, 3.8) is 0 Å². The van der Waals surface area contributed by atoms with Crippen molar-refractivity contribution < 1.29 is 0 Å². The van der Waals surface area contributed by atoms with E-state index in [0.717, 1.165) is 17.3 Å². The zero-order valence-corrected chi connectivity index (χ0v) is 10.1. The van der Waals surface area contributed by atoms with Crippen LogP contribution in [0.15, 0.2) is 0 Å². The Hall–Kier alpha value is -0.480. The van der Waals surface area contributed by atoms with E-state index in [-0.39, 0.29) is 6.04 Å². The van der Waals surface area contributed by atoms with E-state index in [2.05, 4.69) is 30.1 Å². The maximum atomic E-state index is 5.96. The molecule has 0 radical (unpaired) electrons. The smallest absolute Gasteiger partial charge is 0.142 e. The third-order valence-electron chi connectivity index (χ3n) is 2.37. The van der Waals surface area contributed by atoms with Crippen LogP contribution >= 0.6 is 11.5 Å². The minimum atomic E-state index is 0.146. The molecule has 0 aliphatic heterocycles. The van der Waals surface area contributed by atoms with Crippen LogP contribution in [0.1, 0.15) is 44.4 Å². The van der Waals surface area contributed by atoms with Crippen molar-refractivity contribution in [1.82, 2.24) is 9.36 Å². The molecule has 0 spiro atoms. The summed E-state index contributed by atoms with van der Waals surface area (Å²) in [5, 5.41) is 1.09. The SMILES string of the molecule is CCc1nsc(C(C(C)C)C(C)N)n1. The van der Waals surface area contributed by atoms with Gasteiger partial charge in [0.2, 0.25) is 0 Å². The van der Waals surface area contributed by atoms with Crippen molar-refractivity contribution in [2.75, 3.05) is 0 Å². The van der Waals surface area contributed by atoms with Crippen LogP contribution in [-0.4, -0.2) is 15.4 Å². The quantitative estimate of drug-likeness (QED) is 0.834. The van der Waals surface area contributed by atoms with E-state index in [1.807, 2.05) is 6.92 Å². The van der Waals surface area contributed by atoms with Gasteiger partial charge < -0.3 is 5.73 Å². The first kappa shape index (κ1) is 11.6. The molecule has 0 saturated carbocycles. The number of nitrogens with two attached hydrogens (primary N) is 1. The highest BCUT2D eigenvalue weighted by molar-refractivity contribution is 7.05. The fourth-order valence-corrected chi connectivity index (χ4v) is 2.79. The summed E-state index contributed by atoms with van der Waals surface area (Å²) in [6, 6.07) is 0.146. The van der Waals surface area contributed by atoms with E-state index >= 15 is 0 Å². The second-order valence-corrected chi connectivity index (χ2v) is 4.81. The van der Waals surface area contributed by atoms with Crippen molar-refractivity contribution in [1.29, 1.82) is 0 Å². The second kappa shape index (κ2) is 4.84. The molecule has 0 amide bonds. The lowest BCUT2D eigenvalue weighted by molar-refractivity contribution is 0.433. The van der Waals surface area contributed by atoms with Gasteiger partial charge >= 0.3 is 0 Å². The zero-order valence-electron chi connectivity index (χ0n) is 9.32. The van der Waals surface area contributed by atoms with E-state index in [1.54, 1.807) is 0 Å². The second-order valence-electron chi connectivity index (χ2n) is 4.03. The van der Waals surface area contributed by atoms with Gasteiger partial charge in [-0.1, -0.05) is 20.8 Å². The number of nitrogens with zero attached hydrogens (tertiary/aromatic N) is 2. The van der Waals surface area contributed by atoms with Crippen LogP contribution in [0.3, 0.4) is 0 Å². The summed E-state index contributed by atoms with van der Waals surface area (Å²) in [5.41, 5.74) is 5.96. The maximum absolute atomic E-state index is 5.96. The van der Waals surface area contributed by atoms with Gasteiger partial charge in [-0.15, -0.1) is 0 Å². The first-order valence-electron chi connectivity index (χ1n) is 5.14. The van der Waals surface area contributed by atoms with E-state index in [9.17, 15) is 0 Å². The lowest BCUT2D eigenvalue weighted by atomic mass is 9.90. The largest absolute Gasteiger partial charge is 0.327 e. The zero-order chi connectivity index (χ0) is 10.7. The number of rotatable bonds is 4. The molecule has 3 nitrogen and oxygen atoms in total. The molecule has 0 aliphatic carbocycles. The summed E-state index contributed by atoms with van der Waals surface area (Å²) in [6.45, 7) is 8.47. The molecule has 1 aromatic heterocycles. The maximum Gasteiger partial charge on any atom is 0.142 e. The van der Waals surface area contributed by atoms with Gasteiger partial charge in [0.1, 0.15) is 10.8 Å². The van der Waals surface area contributed by atoms with Gasteiger partial charge in [0, 0.05) is 18.4 Å². The lowest BCUT2D eigenvalue weighted by Gasteiger charge is -2.21. The molecule has 1 heterocycles. The Kier molecular flexibility index (Phi) is 4.01. The summed E-state index contributed by atoms with van der Waals surface area (Å²) in [7, 11) is 0. The fraction of sp³-hybridized carbons (Fsp3) is 0.800. The van der Waals surface area contributed by atoms with Crippen molar-refractivity contribution in [2.24, 2.45) is 11.7 Å². The summed E-state index contributed by atoms with van der Waals surface area (Å²) < 4.78 is 4.30. The van der Waals surface area contributed by atoms with Gasteiger partial charge in [0.25, 0.3) is 0 Å². The molecule has 0 aliphatic rings. The summed E-state index contributed by atoms with van der Waals surface area (Å²) >= 11 is 1.50. The Labute approximate surface area is 89.9 Å². The van der Waals surface area contributed by atoms with Crippen LogP contribution in [0, 0.1) is 5.92 Å². The Morgan fingerprint density at radius 1 is 1.36 bits per heavy atom. The molecule has 14 heavy (non-hydrogen) atoms. The highest BCUT2D eigenvalue weighted by Gasteiger charge is 2.23. The number of hydrogen-bond acceptors (Lipinski definition) is 4. The predicted molar refractivity (Wildman–Crippen MR) is 60.5 cm³/mol. The molecule has 2 atom stereocenters. The topological polar surface area (TPSA) is 51.8 Å². The molecule has 0 aromatic carbocycles. The monoisotopic (exact) mass is 213 g/mol. The molecular formula is C10H19N3S. The highest BCUT2D eigenvalue weighted by Crippen LogP contribution is 2.28. The van der Waals surface area contributed by atoms with Crippen molar-refractivity contribution in [3.8, 4) is 0 Å². The normalized spacial score (nSPS) is 15.9. The van der Waals surface area contributed by atoms with E-state index < -0.39 is 0 Å². The minimum Gasteiger partial charge on any atom is -0.327 e. The summed E-state index contributed by atoms with van der Waals surface area (Å²) in [6.07, 6.45) is 0.903.